The topological polar surface area (TPSA) is 103 Å². The third-order valence-electron chi connectivity index (χ3n) is 3.35. The first kappa shape index (κ1) is 20.6. The summed E-state index contributed by atoms with van der Waals surface area (Å²) in [7, 11) is 0. The van der Waals surface area contributed by atoms with Crippen LogP contribution >= 0.6 is 23.2 Å². The lowest BCUT2D eigenvalue weighted by molar-refractivity contribution is -0.121. The molecule has 0 saturated heterocycles. The van der Waals surface area contributed by atoms with Crippen LogP contribution in [0, 0.1) is 5.82 Å². The largest absolute Gasteiger partial charge is 0.451 e. The number of amides is 2. The fourth-order valence-corrected chi connectivity index (χ4v) is 2.41. The van der Waals surface area contributed by atoms with Crippen LogP contribution in [0.1, 0.15) is 16.9 Å². The number of ether oxygens (including phenoxy) is 1. The Morgan fingerprint density at radius 2 is 1.78 bits per heavy atom. The zero-order chi connectivity index (χ0) is 20.0. The summed E-state index contributed by atoms with van der Waals surface area (Å²) in [6, 6.07) is 7.78. The highest BCUT2D eigenvalue weighted by atomic mass is 35.5. The third kappa shape index (κ3) is 5.90. The van der Waals surface area contributed by atoms with Gasteiger partial charge in [-0.15, -0.1) is 0 Å². The van der Waals surface area contributed by atoms with E-state index in [9.17, 15) is 18.8 Å². The molecule has 0 aliphatic rings. The van der Waals surface area contributed by atoms with Gasteiger partial charge in [-0.3, -0.25) is 9.59 Å². The lowest BCUT2D eigenvalue weighted by atomic mass is 10.2. The molecular formula is C17H14Cl2FN3O4. The SMILES string of the molecule is NC(=O)CCN(C(=O)COC(=O)c1nc(Cl)ccc1Cl)c1ccc(F)cc1. The molecule has 1 heterocycles. The molecule has 0 saturated carbocycles. The number of pyridine rings is 1. The molecular weight excluding hydrogens is 400 g/mol. The van der Waals surface area contributed by atoms with Crippen molar-refractivity contribution in [2.24, 2.45) is 5.73 Å². The Morgan fingerprint density at radius 3 is 2.41 bits per heavy atom. The van der Waals surface area contributed by atoms with Crippen molar-refractivity contribution in [3.63, 3.8) is 0 Å². The molecule has 142 valence electrons. The van der Waals surface area contributed by atoms with Crippen molar-refractivity contribution >= 4 is 46.7 Å². The van der Waals surface area contributed by atoms with Crippen molar-refractivity contribution in [1.29, 1.82) is 0 Å². The molecule has 0 fully saturated rings. The number of anilines is 1. The number of halogens is 3. The van der Waals surface area contributed by atoms with Gasteiger partial charge in [0.05, 0.1) is 5.02 Å². The summed E-state index contributed by atoms with van der Waals surface area (Å²) in [5.74, 6) is -2.70. The molecule has 1 aromatic heterocycles. The van der Waals surface area contributed by atoms with Crippen LogP contribution < -0.4 is 10.6 Å². The third-order valence-corrected chi connectivity index (χ3v) is 3.87. The number of benzene rings is 1. The van der Waals surface area contributed by atoms with Gasteiger partial charge in [0.1, 0.15) is 11.0 Å². The summed E-state index contributed by atoms with van der Waals surface area (Å²) in [5.41, 5.74) is 5.20. The van der Waals surface area contributed by atoms with Gasteiger partial charge in [0.25, 0.3) is 5.91 Å². The second-order valence-corrected chi connectivity index (χ2v) is 6.07. The molecule has 1 aromatic carbocycles. The van der Waals surface area contributed by atoms with E-state index in [1.165, 1.54) is 24.3 Å². The standard InChI is InChI=1S/C17H14Cl2FN3O4/c18-12-5-6-13(19)22-16(12)17(26)27-9-15(25)23(8-7-14(21)24)11-3-1-10(20)2-4-11/h1-6H,7-9H2,(H2,21,24). The van der Waals surface area contributed by atoms with Crippen molar-refractivity contribution in [1.82, 2.24) is 4.98 Å². The molecule has 2 aromatic rings. The van der Waals surface area contributed by atoms with Crippen molar-refractivity contribution in [2.45, 2.75) is 6.42 Å². The Bertz CT molecular complexity index is 862. The predicted octanol–water partition coefficient (Wildman–Crippen LogP) is 2.59. The lowest BCUT2D eigenvalue weighted by Crippen LogP contribution is -2.37. The average molecular weight is 414 g/mol. The number of aromatic nitrogens is 1. The Balaban J connectivity index is 2.10. The fraction of sp³-hybridized carbons (Fsp3) is 0.176. The molecule has 7 nitrogen and oxygen atoms in total. The number of hydrogen-bond acceptors (Lipinski definition) is 5. The van der Waals surface area contributed by atoms with Crippen LogP contribution in [0.3, 0.4) is 0 Å². The lowest BCUT2D eigenvalue weighted by Gasteiger charge is -2.22. The monoisotopic (exact) mass is 413 g/mol. The first-order chi connectivity index (χ1) is 12.8. The van der Waals surface area contributed by atoms with Crippen molar-refractivity contribution in [2.75, 3.05) is 18.1 Å². The van der Waals surface area contributed by atoms with E-state index in [1.54, 1.807) is 0 Å². The van der Waals surface area contributed by atoms with Crippen LogP contribution in [-0.2, 0) is 14.3 Å². The van der Waals surface area contributed by atoms with E-state index in [2.05, 4.69) is 4.98 Å². The van der Waals surface area contributed by atoms with Gasteiger partial charge in [-0.05, 0) is 36.4 Å². The first-order valence-corrected chi connectivity index (χ1v) is 8.37. The molecule has 10 heteroatoms. The average Bonchev–Trinajstić information content (AvgIpc) is 2.63. The summed E-state index contributed by atoms with van der Waals surface area (Å²) in [4.78, 5) is 40.5. The van der Waals surface area contributed by atoms with Gasteiger partial charge in [0.15, 0.2) is 12.3 Å². The molecule has 27 heavy (non-hydrogen) atoms. The molecule has 2 rings (SSSR count). The number of rotatable bonds is 7. The zero-order valence-electron chi connectivity index (χ0n) is 13.8. The maximum atomic E-state index is 13.1. The Morgan fingerprint density at radius 1 is 1.11 bits per heavy atom. The minimum absolute atomic E-state index is 0.0148. The first-order valence-electron chi connectivity index (χ1n) is 7.61. The van der Waals surface area contributed by atoms with Crippen LogP contribution in [0.15, 0.2) is 36.4 Å². The fourth-order valence-electron chi connectivity index (χ4n) is 2.08. The van der Waals surface area contributed by atoms with E-state index < -0.39 is 30.2 Å². The molecule has 0 unspecified atom stereocenters. The molecule has 0 bridgehead atoms. The van der Waals surface area contributed by atoms with Gasteiger partial charge in [-0.2, -0.15) is 0 Å². The Labute approximate surface area is 163 Å². The zero-order valence-corrected chi connectivity index (χ0v) is 15.3. The van der Waals surface area contributed by atoms with Gasteiger partial charge in [0, 0.05) is 18.7 Å². The van der Waals surface area contributed by atoms with E-state index in [0.29, 0.717) is 5.69 Å². The van der Waals surface area contributed by atoms with E-state index >= 15 is 0 Å². The van der Waals surface area contributed by atoms with Crippen LogP contribution in [0.4, 0.5) is 10.1 Å². The maximum absolute atomic E-state index is 13.1. The van der Waals surface area contributed by atoms with Gasteiger partial charge < -0.3 is 15.4 Å². The highest BCUT2D eigenvalue weighted by Gasteiger charge is 2.21. The van der Waals surface area contributed by atoms with Gasteiger partial charge in [0.2, 0.25) is 5.91 Å². The minimum atomic E-state index is -0.940. The smallest absolute Gasteiger partial charge is 0.359 e. The highest BCUT2D eigenvalue weighted by molar-refractivity contribution is 6.34. The molecule has 0 aliphatic carbocycles. The van der Waals surface area contributed by atoms with Crippen LogP contribution in [0.5, 0.6) is 0 Å². The summed E-state index contributed by atoms with van der Waals surface area (Å²) >= 11 is 11.6. The van der Waals surface area contributed by atoms with Crippen molar-refractivity contribution in [3.8, 4) is 0 Å². The number of nitrogens with two attached hydrogens (primary N) is 1. The molecule has 2 amide bonds. The molecule has 0 radical (unpaired) electrons. The number of hydrogen-bond donors (Lipinski definition) is 1. The number of nitrogens with zero attached hydrogens (tertiary/aromatic N) is 2. The van der Waals surface area contributed by atoms with E-state index in [1.807, 2.05) is 0 Å². The highest BCUT2D eigenvalue weighted by Crippen LogP contribution is 2.19. The Hall–Kier alpha value is -2.71. The van der Waals surface area contributed by atoms with Crippen LogP contribution in [-0.4, -0.2) is 35.9 Å². The second kappa shape index (κ2) is 9.29. The molecule has 0 aliphatic heterocycles. The summed E-state index contributed by atoms with van der Waals surface area (Å²) in [6.07, 6.45) is -0.126. The normalized spacial score (nSPS) is 10.3. The molecule has 0 atom stereocenters. The van der Waals surface area contributed by atoms with E-state index in [-0.39, 0.29) is 28.8 Å². The van der Waals surface area contributed by atoms with Crippen molar-refractivity contribution < 1.29 is 23.5 Å². The number of carbonyl (C=O) groups is 3. The maximum Gasteiger partial charge on any atom is 0.359 e. The van der Waals surface area contributed by atoms with Crippen LogP contribution in [0.2, 0.25) is 10.2 Å². The molecule has 2 N–H and O–H groups in total. The van der Waals surface area contributed by atoms with Gasteiger partial charge in [-0.1, -0.05) is 23.2 Å². The summed E-state index contributed by atoms with van der Waals surface area (Å²) in [6.45, 7) is -0.715. The number of esters is 1. The summed E-state index contributed by atoms with van der Waals surface area (Å²) < 4.78 is 18.0. The number of primary amides is 1. The van der Waals surface area contributed by atoms with Crippen molar-refractivity contribution in [3.05, 3.63) is 58.1 Å². The second-order valence-electron chi connectivity index (χ2n) is 5.28. The van der Waals surface area contributed by atoms with E-state index in [0.717, 1.165) is 17.0 Å². The summed E-state index contributed by atoms with van der Waals surface area (Å²) in [5, 5.41) is 0.0491. The molecule has 0 spiro atoms. The number of carbonyl (C=O) groups excluding carboxylic acids is 3. The van der Waals surface area contributed by atoms with Crippen LogP contribution in [0.25, 0.3) is 0 Å². The Kier molecular flexibility index (Phi) is 7.09. The minimum Gasteiger partial charge on any atom is -0.451 e. The quantitative estimate of drug-likeness (QED) is 0.554. The predicted molar refractivity (Wildman–Crippen MR) is 97.1 cm³/mol. The van der Waals surface area contributed by atoms with Gasteiger partial charge >= 0.3 is 5.97 Å². The van der Waals surface area contributed by atoms with E-state index in [4.69, 9.17) is 33.7 Å². The van der Waals surface area contributed by atoms with Gasteiger partial charge in [-0.25, -0.2) is 14.2 Å².